The molecule has 0 saturated heterocycles. The molecule has 0 N–H and O–H groups in total. The predicted molar refractivity (Wildman–Crippen MR) is 98.2 cm³/mol. The summed E-state index contributed by atoms with van der Waals surface area (Å²) >= 11 is 1.68. The highest BCUT2D eigenvalue weighted by atomic mass is 32.2. The molecule has 5 nitrogen and oxygen atoms in total. The average Bonchev–Trinajstić information content (AvgIpc) is 3.25. The van der Waals surface area contributed by atoms with Crippen molar-refractivity contribution in [3.63, 3.8) is 0 Å². The SMILES string of the molecule is CCc1nc2ncccn2c1C1=CSCN1c1ccc(OC)c(F)c1. The molecule has 2 aromatic heterocycles. The molecule has 0 atom stereocenters. The average molecular weight is 356 g/mol. The van der Waals surface area contributed by atoms with Crippen LogP contribution in [0.15, 0.2) is 42.1 Å². The second-order valence-electron chi connectivity index (χ2n) is 5.60. The number of ether oxygens (including phenoxy) is 1. The van der Waals surface area contributed by atoms with Gasteiger partial charge >= 0.3 is 0 Å². The van der Waals surface area contributed by atoms with Crippen molar-refractivity contribution in [3.05, 3.63) is 59.3 Å². The van der Waals surface area contributed by atoms with E-state index in [-0.39, 0.29) is 11.6 Å². The second-order valence-corrected chi connectivity index (χ2v) is 6.42. The first-order chi connectivity index (χ1) is 12.2. The summed E-state index contributed by atoms with van der Waals surface area (Å²) in [6.45, 7) is 2.07. The van der Waals surface area contributed by atoms with Gasteiger partial charge < -0.3 is 9.64 Å². The molecular weight excluding hydrogens is 339 g/mol. The molecular formula is C18H17FN4OS. The molecule has 7 heteroatoms. The largest absolute Gasteiger partial charge is 0.494 e. The highest BCUT2D eigenvalue weighted by Gasteiger charge is 2.25. The molecule has 25 heavy (non-hydrogen) atoms. The number of benzene rings is 1. The van der Waals surface area contributed by atoms with Crippen LogP contribution in [0.4, 0.5) is 10.1 Å². The lowest BCUT2D eigenvalue weighted by Crippen LogP contribution is -2.19. The van der Waals surface area contributed by atoms with Crippen LogP contribution in [-0.2, 0) is 6.42 Å². The van der Waals surface area contributed by atoms with Crippen LogP contribution in [-0.4, -0.2) is 27.4 Å². The van der Waals surface area contributed by atoms with Gasteiger partial charge in [0.05, 0.1) is 30.1 Å². The fourth-order valence-corrected chi connectivity index (χ4v) is 3.90. The smallest absolute Gasteiger partial charge is 0.234 e. The molecule has 1 aliphatic rings. The number of fused-ring (bicyclic) bond motifs is 1. The van der Waals surface area contributed by atoms with Gasteiger partial charge in [-0.1, -0.05) is 6.92 Å². The molecule has 0 spiro atoms. The molecule has 1 aromatic carbocycles. The van der Waals surface area contributed by atoms with Gasteiger partial charge in [0.25, 0.3) is 0 Å². The summed E-state index contributed by atoms with van der Waals surface area (Å²) in [6, 6.07) is 6.92. The summed E-state index contributed by atoms with van der Waals surface area (Å²) in [7, 11) is 1.47. The molecule has 4 rings (SSSR count). The molecule has 128 valence electrons. The number of halogens is 1. The number of nitrogens with zero attached hydrogens (tertiary/aromatic N) is 4. The van der Waals surface area contributed by atoms with E-state index in [4.69, 9.17) is 4.74 Å². The van der Waals surface area contributed by atoms with Crippen LogP contribution in [0.2, 0.25) is 0 Å². The zero-order chi connectivity index (χ0) is 17.4. The van der Waals surface area contributed by atoms with Crippen molar-refractivity contribution < 1.29 is 9.13 Å². The first kappa shape index (κ1) is 16.0. The van der Waals surface area contributed by atoms with Gasteiger partial charge in [0.2, 0.25) is 5.78 Å². The van der Waals surface area contributed by atoms with Gasteiger partial charge in [-0.05, 0) is 30.0 Å². The van der Waals surface area contributed by atoms with Gasteiger partial charge in [0.15, 0.2) is 11.6 Å². The van der Waals surface area contributed by atoms with Crippen LogP contribution < -0.4 is 9.64 Å². The van der Waals surface area contributed by atoms with E-state index >= 15 is 0 Å². The molecule has 0 fully saturated rings. The fourth-order valence-electron chi connectivity index (χ4n) is 3.00. The Morgan fingerprint density at radius 1 is 1.36 bits per heavy atom. The van der Waals surface area contributed by atoms with Crippen molar-refractivity contribution in [2.24, 2.45) is 0 Å². The van der Waals surface area contributed by atoms with Gasteiger partial charge in [-0.2, -0.15) is 0 Å². The van der Waals surface area contributed by atoms with E-state index in [1.165, 1.54) is 13.2 Å². The van der Waals surface area contributed by atoms with E-state index in [1.54, 1.807) is 24.0 Å². The number of aromatic nitrogens is 3. The number of hydrogen-bond acceptors (Lipinski definition) is 5. The molecule has 0 saturated carbocycles. The topological polar surface area (TPSA) is 42.7 Å². The third-order valence-electron chi connectivity index (χ3n) is 4.19. The number of methoxy groups -OCH3 is 1. The fraction of sp³-hybridized carbons (Fsp3) is 0.222. The Balaban J connectivity index is 1.82. The zero-order valence-corrected chi connectivity index (χ0v) is 14.8. The van der Waals surface area contributed by atoms with E-state index in [0.717, 1.165) is 35.1 Å². The Labute approximate surface area is 149 Å². The molecule has 0 unspecified atom stereocenters. The summed E-state index contributed by atoms with van der Waals surface area (Å²) < 4.78 is 21.2. The highest BCUT2D eigenvalue weighted by Crippen LogP contribution is 2.38. The standard InChI is InChI=1S/C18H17FN4OS/c1-3-14-17(22-8-4-7-20-18(22)21-14)15-10-25-11-23(15)12-5-6-16(24-2)13(19)9-12/h4-10H,3,11H2,1-2H3. The van der Waals surface area contributed by atoms with Crippen LogP contribution in [0.25, 0.3) is 11.5 Å². The third-order valence-corrected chi connectivity index (χ3v) is 4.99. The summed E-state index contributed by atoms with van der Waals surface area (Å²) in [5, 5.41) is 2.09. The molecule has 0 aliphatic carbocycles. The number of anilines is 1. The Kier molecular flexibility index (Phi) is 4.09. The van der Waals surface area contributed by atoms with E-state index in [2.05, 4.69) is 27.2 Å². The van der Waals surface area contributed by atoms with E-state index < -0.39 is 0 Å². The number of hydrogen-bond donors (Lipinski definition) is 0. The molecule has 0 radical (unpaired) electrons. The van der Waals surface area contributed by atoms with Gasteiger partial charge in [-0.3, -0.25) is 4.40 Å². The Morgan fingerprint density at radius 3 is 3.00 bits per heavy atom. The molecule has 3 heterocycles. The monoisotopic (exact) mass is 356 g/mol. The van der Waals surface area contributed by atoms with Crippen molar-refractivity contribution in [3.8, 4) is 5.75 Å². The second kappa shape index (κ2) is 6.40. The minimum atomic E-state index is -0.369. The van der Waals surface area contributed by atoms with Crippen LogP contribution in [0.5, 0.6) is 5.75 Å². The number of thioether (sulfide) groups is 1. The normalized spacial score (nSPS) is 14.2. The van der Waals surface area contributed by atoms with E-state index in [9.17, 15) is 4.39 Å². The minimum absolute atomic E-state index is 0.245. The summed E-state index contributed by atoms with van der Waals surface area (Å²) in [5.41, 5.74) is 3.78. The van der Waals surface area contributed by atoms with Crippen molar-refractivity contribution in [2.75, 3.05) is 17.9 Å². The highest BCUT2D eigenvalue weighted by molar-refractivity contribution is 8.02. The maximum Gasteiger partial charge on any atom is 0.234 e. The van der Waals surface area contributed by atoms with Gasteiger partial charge in [0, 0.05) is 24.1 Å². The Morgan fingerprint density at radius 2 is 2.24 bits per heavy atom. The summed E-state index contributed by atoms with van der Waals surface area (Å²) in [4.78, 5) is 11.1. The predicted octanol–water partition coefficient (Wildman–Crippen LogP) is 3.95. The lowest BCUT2D eigenvalue weighted by atomic mass is 10.2. The molecule has 0 bridgehead atoms. The Hall–Kier alpha value is -2.54. The van der Waals surface area contributed by atoms with Gasteiger partial charge in [0.1, 0.15) is 0 Å². The molecule has 0 amide bonds. The van der Waals surface area contributed by atoms with Crippen LogP contribution >= 0.6 is 11.8 Å². The van der Waals surface area contributed by atoms with Crippen molar-refractivity contribution in [2.45, 2.75) is 13.3 Å². The van der Waals surface area contributed by atoms with Crippen LogP contribution in [0, 0.1) is 5.82 Å². The number of aryl methyl sites for hydroxylation is 1. The first-order valence-electron chi connectivity index (χ1n) is 7.98. The maximum absolute atomic E-state index is 14.2. The quantitative estimate of drug-likeness (QED) is 0.708. The van der Waals surface area contributed by atoms with Crippen LogP contribution in [0.3, 0.4) is 0 Å². The van der Waals surface area contributed by atoms with Crippen molar-refractivity contribution in [1.29, 1.82) is 0 Å². The summed E-state index contributed by atoms with van der Waals surface area (Å²) in [5.74, 6) is 1.27. The maximum atomic E-state index is 14.2. The van der Waals surface area contributed by atoms with E-state index in [0.29, 0.717) is 5.78 Å². The molecule has 1 aliphatic heterocycles. The number of rotatable bonds is 4. The first-order valence-corrected chi connectivity index (χ1v) is 9.03. The lowest BCUT2D eigenvalue weighted by molar-refractivity contribution is 0.386. The number of imidazole rings is 1. The minimum Gasteiger partial charge on any atom is -0.494 e. The van der Waals surface area contributed by atoms with Crippen molar-refractivity contribution in [1.82, 2.24) is 14.4 Å². The van der Waals surface area contributed by atoms with E-state index in [1.807, 2.05) is 22.7 Å². The zero-order valence-electron chi connectivity index (χ0n) is 13.9. The third kappa shape index (κ3) is 2.64. The lowest BCUT2D eigenvalue weighted by Gasteiger charge is -2.22. The van der Waals surface area contributed by atoms with Gasteiger partial charge in [-0.15, -0.1) is 11.8 Å². The van der Waals surface area contributed by atoms with Crippen LogP contribution in [0.1, 0.15) is 18.3 Å². The summed E-state index contributed by atoms with van der Waals surface area (Å²) in [6.07, 6.45) is 4.49. The molecule has 3 aromatic rings. The van der Waals surface area contributed by atoms with Crippen molar-refractivity contribution >= 4 is 28.9 Å². The van der Waals surface area contributed by atoms with Gasteiger partial charge in [-0.25, -0.2) is 14.4 Å². The Bertz CT molecular complexity index is 969.